The number of amides is 1. The normalized spacial score (nSPS) is 11.5. The number of nitrogens with zero attached hydrogens (tertiary/aromatic N) is 3. The lowest BCUT2D eigenvalue weighted by molar-refractivity contribution is -0.384. The van der Waals surface area contributed by atoms with Crippen LogP contribution in [0, 0.1) is 10.1 Å². The van der Waals surface area contributed by atoms with E-state index in [1.165, 1.54) is 30.5 Å². The largest absolute Gasteiger partial charge is 0.271 e. The van der Waals surface area contributed by atoms with E-state index in [0.717, 1.165) is 15.9 Å². The smallest absolute Gasteiger partial charge is 0.269 e. The molecule has 9 nitrogen and oxygen atoms in total. The van der Waals surface area contributed by atoms with Crippen LogP contribution in [0.15, 0.2) is 71.8 Å². The summed E-state index contributed by atoms with van der Waals surface area (Å²) in [6.45, 7) is -0.454. The van der Waals surface area contributed by atoms with Crippen LogP contribution in [0.3, 0.4) is 0 Å². The second-order valence-corrected chi connectivity index (χ2v) is 8.32. The number of benzene rings is 3. The van der Waals surface area contributed by atoms with Gasteiger partial charge in [-0.3, -0.25) is 19.2 Å². The van der Waals surface area contributed by atoms with Gasteiger partial charge in [0.2, 0.25) is 10.0 Å². The van der Waals surface area contributed by atoms with Gasteiger partial charge >= 0.3 is 0 Å². The average molecular weight is 426 g/mol. The molecule has 0 bridgehead atoms. The van der Waals surface area contributed by atoms with Crippen LogP contribution in [0.5, 0.6) is 0 Å². The van der Waals surface area contributed by atoms with Gasteiger partial charge in [-0.2, -0.15) is 5.10 Å². The molecule has 0 aliphatic heterocycles. The molecule has 0 atom stereocenters. The van der Waals surface area contributed by atoms with Crippen LogP contribution < -0.4 is 9.73 Å². The van der Waals surface area contributed by atoms with E-state index >= 15 is 0 Å². The molecule has 0 radical (unpaired) electrons. The number of anilines is 1. The van der Waals surface area contributed by atoms with Crippen LogP contribution in [0.4, 0.5) is 11.4 Å². The van der Waals surface area contributed by atoms with E-state index in [1.54, 1.807) is 24.3 Å². The van der Waals surface area contributed by atoms with Gasteiger partial charge in [-0.05, 0) is 29.1 Å². The van der Waals surface area contributed by atoms with Crippen LogP contribution in [-0.4, -0.2) is 38.3 Å². The fraction of sp³-hybridized carbons (Fsp3) is 0.100. The Kier molecular flexibility index (Phi) is 6.07. The highest BCUT2D eigenvalue weighted by atomic mass is 32.2. The minimum absolute atomic E-state index is 0.0601. The maximum absolute atomic E-state index is 12.3. The number of non-ortho nitro benzene ring substituents is 1. The Morgan fingerprint density at radius 1 is 1.10 bits per heavy atom. The molecule has 0 aromatic heterocycles. The lowest BCUT2D eigenvalue weighted by Gasteiger charge is -2.23. The summed E-state index contributed by atoms with van der Waals surface area (Å²) in [5, 5.41) is 16.0. The zero-order valence-electron chi connectivity index (χ0n) is 15.9. The molecule has 0 unspecified atom stereocenters. The molecule has 0 spiro atoms. The number of sulfonamides is 1. The number of hydrogen-bond acceptors (Lipinski definition) is 6. The molecule has 3 rings (SSSR count). The standard InChI is InChI=1S/C20H18N4O5S/c1-30(28,29)23(19-8-4-6-16-5-2-3-7-18(16)19)14-20(25)22-21-13-15-9-11-17(12-10-15)24(26)27/h2-13H,14H2,1H3,(H,22,25)/b21-13-. The summed E-state index contributed by atoms with van der Waals surface area (Å²) in [5.41, 5.74) is 3.15. The Morgan fingerprint density at radius 2 is 1.77 bits per heavy atom. The van der Waals surface area contributed by atoms with E-state index in [-0.39, 0.29) is 5.69 Å². The third-order valence-corrected chi connectivity index (χ3v) is 5.36. The van der Waals surface area contributed by atoms with E-state index in [9.17, 15) is 23.3 Å². The summed E-state index contributed by atoms with van der Waals surface area (Å²) >= 11 is 0. The first-order chi connectivity index (χ1) is 14.3. The second kappa shape index (κ2) is 8.70. The van der Waals surface area contributed by atoms with Gasteiger partial charge in [0.15, 0.2) is 0 Å². The topological polar surface area (TPSA) is 122 Å². The molecule has 1 amide bonds. The van der Waals surface area contributed by atoms with Gasteiger partial charge < -0.3 is 0 Å². The van der Waals surface area contributed by atoms with Gasteiger partial charge in [-0.1, -0.05) is 36.4 Å². The third kappa shape index (κ3) is 4.97. The number of nitrogens with one attached hydrogen (secondary N) is 1. The molecular weight excluding hydrogens is 408 g/mol. The summed E-state index contributed by atoms with van der Waals surface area (Å²) in [6, 6.07) is 18.1. The molecule has 30 heavy (non-hydrogen) atoms. The summed E-state index contributed by atoms with van der Waals surface area (Å²) in [6.07, 6.45) is 2.34. The Balaban J connectivity index is 1.76. The first-order valence-electron chi connectivity index (χ1n) is 8.77. The average Bonchev–Trinajstić information content (AvgIpc) is 2.71. The number of fused-ring (bicyclic) bond motifs is 1. The molecule has 0 saturated carbocycles. The van der Waals surface area contributed by atoms with Crippen molar-refractivity contribution in [2.75, 3.05) is 17.1 Å². The molecule has 0 saturated heterocycles. The fourth-order valence-electron chi connectivity index (χ4n) is 2.83. The highest BCUT2D eigenvalue weighted by molar-refractivity contribution is 7.92. The fourth-order valence-corrected chi connectivity index (χ4v) is 3.70. The molecule has 0 heterocycles. The van der Waals surface area contributed by atoms with Crippen LogP contribution in [0.1, 0.15) is 5.56 Å². The van der Waals surface area contributed by atoms with Crippen molar-refractivity contribution in [2.24, 2.45) is 5.10 Å². The Hall–Kier alpha value is -3.79. The van der Waals surface area contributed by atoms with Crippen molar-refractivity contribution in [3.8, 4) is 0 Å². The maximum Gasteiger partial charge on any atom is 0.269 e. The molecule has 10 heteroatoms. The van der Waals surface area contributed by atoms with Crippen molar-refractivity contribution in [2.45, 2.75) is 0 Å². The lowest BCUT2D eigenvalue weighted by atomic mass is 10.1. The van der Waals surface area contributed by atoms with Crippen molar-refractivity contribution in [3.63, 3.8) is 0 Å². The van der Waals surface area contributed by atoms with Gasteiger partial charge in [0.1, 0.15) is 6.54 Å². The van der Waals surface area contributed by atoms with Crippen LogP contribution >= 0.6 is 0 Å². The number of hydrogen-bond donors (Lipinski definition) is 1. The van der Waals surface area contributed by atoms with E-state index in [0.29, 0.717) is 16.6 Å². The van der Waals surface area contributed by atoms with Crippen molar-refractivity contribution in [3.05, 3.63) is 82.4 Å². The highest BCUT2D eigenvalue weighted by Crippen LogP contribution is 2.28. The van der Waals surface area contributed by atoms with Crippen LogP contribution in [0.25, 0.3) is 10.8 Å². The minimum Gasteiger partial charge on any atom is -0.271 e. The predicted molar refractivity (Wildman–Crippen MR) is 115 cm³/mol. The van der Waals surface area contributed by atoms with Gasteiger partial charge in [0.25, 0.3) is 11.6 Å². The molecule has 154 valence electrons. The third-order valence-electron chi connectivity index (χ3n) is 4.23. The Morgan fingerprint density at radius 3 is 2.43 bits per heavy atom. The van der Waals surface area contributed by atoms with Crippen molar-refractivity contribution >= 4 is 44.3 Å². The quantitative estimate of drug-likeness (QED) is 0.354. The van der Waals surface area contributed by atoms with Crippen molar-refractivity contribution in [1.82, 2.24) is 5.43 Å². The first kappa shape index (κ1) is 20.9. The summed E-state index contributed by atoms with van der Waals surface area (Å²) in [5.74, 6) is -0.633. The lowest BCUT2D eigenvalue weighted by Crippen LogP contribution is -2.39. The maximum atomic E-state index is 12.3. The Labute approximate surface area is 172 Å². The predicted octanol–water partition coefficient (Wildman–Crippen LogP) is 2.66. The number of rotatable bonds is 7. The molecule has 0 fully saturated rings. The zero-order chi connectivity index (χ0) is 21.7. The molecule has 1 N–H and O–H groups in total. The molecule has 3 aromatic carbocycles. The van der Waals surface area contributed by atoms with Crippen LogP contribution in [0.2, 0.25) is 0 Å². The van der Waals surface area contributed by atoms with Gasteiger partial charge in [0.05, 0.1) is 23.1 Å². The highest BCUT2D eigenvalue weighted by Gasteiger charge is 2.22. The van der Waals surface area contributed by atoms with Crippen LogP contribution in [-0.2, 0) is 14.8 Å². The molecular formula is C20H18N4O5S. The minimum atomic E-state index is -3.74. The zero-order valence-corrected chi connectivity index (χ0v) is 16.7. The number of hydrazone groups is 1. The number of nitro benzene ring substituents is 1. The number of nitro groups is 1. The second-order valence-electron chi connectivity index (χ2n) is 6.41. The SMILES string of the molecule is CS(=O)(=O)N(CC(=O)N/N=C\c1ccc([N+](=O)[O-])cc1)c1cccc2ccccc12. The molecule has 0 aliphatic rings. The summed E-state index contributed by atoms with van der Waals surface area (Å²) in [4.78, 5) is 22.5. The van der Waals surface area contributed by atoms with Crippen molar-refractivity contribution < 1.29 is 18.1 Å². The monoisotopic (exact) mass is 426 g/mol. The van der Waals surface area contributed by atoms with Gasteiger partial charge in [0, 0.05) is 17.5 Å². The molecule has 3 aromatic rings. The Bertz CT molecular complexity index is 1220. The van der Waals surface area contributed by atoms with E-state index < -0.39 is 27.4 Å². The number of carbonyl (C=O) groups is 1. The number of carbonyl (C=O) groups excluding carboxylic acids is 1. The van der Waals surface area contributed by atoms with E-state index in [1.807, 2.05) is 18.2 Å². The first-order valence-corrected chi connectivity index (χ1v) is 10.6. The van der Waals surface area contributed by atoms with Gasteiger partial charge in [-0.25, -0.2) is 13.8 Å². The summed E-state index contributed by atoms with van der Waals surface area (Å²) in [7, 11) is -3.74. The van der Waals surface area contributed by atoms with Gasteiger partial charge in [-0.15, -0.1) is 0 Å². The van der Waals surface area contributed by atoms with E-state index in [2.05, 4.69) is 10.5 Å². The molecule has 0 aliphatic carbocycles. The summed E-state index contributed by atoms with van der Waals surface area (Å²) < 4.78 is 25.7. The van der Waals surface area contributed by atoms with Crippen molar-refractivity contribution in [1.29, 1.82) is 0 Å². The van der Waals surface area contributed by atoms with E-state index in [4.69, 9.17) is 0 Å².